The van der Waals surface area contributed by atoms with E-state index < -0.39 is 0 Å². The predicted octanol–water partition coefficient (Wildman–Crippen LogP) is 1.64. The van der Waals surface area contributed by atoms with E-state index in [0.717, 1.165) is 0 Å². The van der Waals surface area contributed by atoms with Crippen molar-refractivity contribution in [2.45, 2.75) is 13.8 Å². The summed E-state index contributed by atoms with van der Waals surface area (Å²) in [6.07, 6.45) is 3.09. The second-order valence-corrected chi connectivity index (χ2v) is 4.85. The van der Waals surface area contributed by atoms with Gasteiger partial charge in [-0.3, -0.25) is 19.6 Å². The van der Waals surface area contributed by atoms with Crippen molar-refractivity contribution < 1.29 is 9.59 Å². The van der Waals surface area contributed by atoms with Crippen LogP contribution in [0.15, 0.2) is 12.4 Å². The number of ketones is 1. The number of anilines is 1. The van der Waals surface area contributed by atoms with Crippen molar-refractivity contribution in [1.82, 2.24) is 14.8 Å². The summed E-state index contributed by atoms with van der Waals surface area (Å²) in [6.45, 7) is 3.22. The highest BCUT2D eigenvalue weighted by Gasteiger charge is 2.14. The molecule has 2 aromatic heterocycles. The molecule has 0 saturated heterocycles. The minimum Gasteiger partial charge on any atom is -0.298 e. The fourth-order valence-electron chi connectivity index (χ4n) is 1.48. The first-order chi connectivity index (χ1) is 8.47. The van der Waals surface area contributed by atoms with Crippen LogP contribution < -0.4 is 5.32 Å². The molecule has 0 saturated carbocycles. The third kappa shape index (κ3) is 2.45. The van der Waals surface area contributed by atoms with Crippen molar-refractivity contribution in [3.8, 4) is 0 Å². The van der Waals surface area contributed by atoms with Crippen molar-refractivity contribution in [3.63, 3.8) is 0 Å². The molecule has 7 heteroatoms. The number of carbonyl (C=O) groups excluding carboxylic acids is 2. The summed E-state index contributed by atoms with van der Waals surface area (Å²) >= 11 is 1.18. The largest absolute Gasteiger partial charge is 0.298 e. The molecule has 2 heterocycles. The summed E-state index contributed by atoms with van der Waals surface area (Å²) in [5.41, 5.74) is 1.09. The first-order valence-corrected chi connectivity index (χ1v) is 6.07. The zero-order chi connectivity index (χ0) is 13.3. The molecule has 0 aliphatic carbocycles. The zero-order valence-corrected chi connectivity index (χ0v) is 11.0. The molecule has 18 heavy (non-hydrogen) atoms. The molecular formula is C11H12N4O2S. The molecule has 94 valence electrons. The van der Waals surface area contributed by atoms with Crippen LogP contribution >= 0.6 is 11.3 Å². The van der Waals surface area contributed by atoms with Gasteiger partial charge in [0.15, 0.2) is 10.9 Å². The topological polar surface area (TPSA) is 76.9 Å². The van der Waals surface area contributed by atoms with Gasteiger partial charge in [-0.2, -0.15) is 5.10 Å². The van der Waals surface area contributed by atoms with Crippen LogP contribution in [0.4, 0.5) is 5.13 Å². The molecule has 0 spiro atoms. The molecule has 0 atom stereocenters. The third-order valence-electron chi connectivity index (χ3n) is 2.30. The van der Waals surface area contributed by atoms with Gasteiger partial charge in [0.25, 0.3) is 5.91 Å². The number of aryl methyl sites for hydroxylation is 2. The number of aromatic nitrogens is 3. The normalized spacial score (nSPS) is 10.4. The van der Waals surface area contributed by atoms with Crippen LogP contribution in [0.3, 0.4) is 0 Å². The van der Waals surface area contributed by atoms with Gasteiger partial charge >= 0.3 is 0 Å². The van der Waals surface area contributed by atoms with Crippen LogP contribution in [-0.4, -0.2) is 26.5 Å². The van der Waals surface area contributed by atoms with Gasteiger partial charge in [-0.25, -0.2) is 4.98 Å². The predicted molar refractivity (Wildman–Crippen MR) is 68.0 cm³/mol. The highest BCUT2D eigenvalue weighted by molar-refractivity contribution is 7.17. The highest BCUT2D eigenvalue weighted by Crippen LogP contribution is 2.23. The number of carbonyl (C=O) groups is 2. The summed E-state index contributed by atoms with van der Waals surface area (Å²) in [4.78, 5) is 27.8. The number of thiazole rings is 1. The molecule has 0 fully saturated rings. The molecule has 2 aromatic rings. The number of hydrogen-bond donors (Lipinski definition) is 1. The van der Waals surface area contributed by atoms with Gasteiger partial charge < -0.3 is 0 Å². The van der Waals surface area contributed by atoms with Gasteiger partial charge in [-0.05, 0) is 6.92 Å². The van der Waals surface area contributed by atoms with E-state index in [0.29, 0.717) is 21.3 Å². The number of hydrogen-bond acceptors (Lipinski definition) is 5. The first kappa shape index (κ1) is 12.4. The lowest BCUT2D eigenvalue weighted by Crippen LogP contribution is -2.10. The maximum atomic E-state index is 11.8. The van der Waals surface area contributed by atoms with E-state index in [1.165, 1.54) is 24.5 Å². The van der Waals surface area contributed by atoms with E-state index in [4.69, 9.17) is 0 Å². The van der Waals surface area contributed by atoms with Gasteiger partial charge in [0, 0.05) is 20.2 Å². The molecule has 0 aliphatic rings. The molecule has 0 radical (unpaired) electrons. The third-order valence-corrected chi connectivity index (χ3v) is 3.48. The molecule has 6 nitrogen and oxygen atoms in total. The van der Waals surface area contributed by atoms with Crippen LogP contribution in [0.1, 0.15) is 32.6 Å². The molecule has 0 unspecified atom stereocenters. The molecule has 0 bridgehead atoms. The van der Waals surface area contributed by atoms with Crippen LogP contribution in [-0.2, 0) is 7.05 Å². The number of nitrogens with zero attached hydrogens (tertiary/aromatic N) is 3. The van der Waals surface area contributed by atoms with E-state index in [9.17, 15) is 9.59 Å². The van der Waals surface area contributed by atoms with E-state index in [1.807, 2.05) is 0 Å². The average Bonchev–Trinajstić information content (AvgIpc) is 2.85. The SMILES string of the molecule is CC(=O)c1sc(NC(=O)c2cnn(C)c2)nc1C. The fourth-order valence-corrected chi connectivity index (χ4v) is 2.34. The quantitative estimate of drug-likeness (QED) is 0.855. The molecule has 2 rings (SSSR count). The van der Waals surface area contributed by atoms with Gasteiger partial charge in [0.05, 0.1) is 22.3 Å². The molecule has 1 amide bonds. The van der Waals surface area contributed by atoms with E-state index in [2.05, 4.69) is 15.4 Å². The van der Waals surface area contributed by atoms with E-state index in [1.54, 1.807) is 24.9 Å². The van der Waals surface area contributed by atoms with Crippen molar-refractivity contribution in [2.75, 3.05) is 5.32 Å². The van der Waals surface area contributed by atoms with Crippen molar-refractivity contribution >= 4 is 28.2 Å². The van der Waals surface area contributed by atoms with Crippen LogP contribution in [0.25, 0.3) is 0 Å². The van der Waals surface area contributed by atoms with Gasteiger partial charge in [0.2, 0.25) is 0 Å². The molecule has 0 aliphatic heterocycles. The minimum absolute atomic E-state index is 0.0492. The summed E-state index contributed by atoms with van der Waals surface area (Å²) in [5, 5.41) is 6.99. The van der Waals surface area contributed by atoms with Gasteiger partial charge in [-0.1, -0.05) is 11.3 Å². The Bertz CT molecular complexity index is 614. The highest BCUT2D eigenvalue weighted by atomic mass is 32.1. The van der Waals surface area contributed by atoms with E-state index >= 15 is 0 Å². The second kappa shape index (κ2) is 4.69. The summed E-state index contributed by atoms with van der Waals surface area (Å²) < 4.78 is 1.54. The lowest BCUT2D eigenvalue weighted by Gasteiger charge is -1.97. The molecule has 1 N–H and O–H groups in total. The van der Waals surface area contributed by atoms with Crippen LogP contribution in [0.2, 0.25) is 0 Å². The van der Waals surface area contributed by atoms with Gasteiger partial charge in [0.1, 0.15) is 0 Å². The second-order valence-electron chi connectivity index (χ2n) is 3.85. The van der Waals surface area contributed by atoms with Crippen LogP contribution in [0.5, 0.6) is 0 Å². The summed E-state index contributed by atoms with van der Waals surface area (Å²) in [5.74, 6) is -0.334. The average molecular weight is 264 g/mol. The Morgan fingerprint density at radius 2 is 2.17 bits per heavy atom. The molecule has 0 aromatic carbocycles. The first-order valence-electron chi connectivity index (χ1n) is 5.25. The maximum Gasteiger partial charge on any atom is 0.260 e. The van der Waals surface area contributed by atoms with Crippen LogP contribution in [0, 0.1) is 6.92 Å². The van der Waals surface area contributed by atoms with Crippen molar-refractivity contribution in [2.24, 2.45) is 7.05 Å². The standard InChI is InChI=1S/C11H12N4O2S/c1-6-9(7(2)16)18-11(13-6)14-10(17)8-4-12-15(3)5-8/h4-5H,1-3H3,(H,13,14,17). The monoisotopic (exact) mass is 264 g/mol. The van der Waals surface area contributed by atoms with Gasteiger partial charge in [-0.15, -0.1) is 0 Å². The lowest BCUT2D eigenvalue weighted by molar-refractivity contribution is 0.101. The Morgan fingerprint density at radius 3 is 2.67 bits per heavy atom. The maximum absolute atomic E-state index is 11.8. The number of rotatable bonds is 3. The Balaban J connectivity index is 2.17. The van der Waals surface area contributed by atoms with Crippen molar-refractivity contribution in [1.29, 1.82) is 0 Å². The number of nitrogens with one attached hydrogen (secondary N) is 1. The van der Waals surface area contributed by atoms with Crippen molar-refractivity contribution in [3.05, 3.63) is 28.5 Å². The number of amides is 1. The smallest absolute Gasteiger partial charge is 0.260 e. The Morgan fingerprint density at radius 1 is 1.44 bits per heavy atom. The summed E-state index contributed by atoms with van der Waals surface area (Å²) in [6, 6.07) is 0. The lowest BCUT2D eigenvalue weighted by atomic mass is 10.3. The molecular weight excluding hydrogens is 252 g/mol. The van der Waals surface area contributed by atoms with E-state index in [-0.39, 0.29) is 11.7 Å². The fraction of sp³-hybridized carbons (Fsp3) is 0.273. The Hall–Kier alpha value is -2.02. The number of Topliss-reactive ketones (excluding diaryl/α,β-unsaturated/α-hetero) is 1. The zero-order valence-electron chi connectivity index (χ0n) is 10.2. The summed E-state index contributed by atoms with van der Waals surface area (Å²) in [7, 11) is 1.73. The minimum atomic E-state index is -0.285. The Labute approximate surface area is 108 Å². The Kier molecular flexibility index (Phi) is 3.24.